The predicted octanol–water partition coefficient (Wildman–Crippen LogP) is 1.62. The summed E-state index contributed by atoms with van der Waals surface area (Å²) in [5, 5.41) is 4.42. The van der Waals surface area contributed by atoms with Gasteiger partial charge in [-0.1, -0.05) is 6.92 Å². The van der Waals surface area contributed by atoms with Crippen molar-refractivity contribution in [1.29, 1.82) is 0 Å². The standard InChI is InChI=1S/C13H23N3O2S/c1-4-14-7-12-11(9-17-3)15-13(19-12)16(2)10-5-6-18-8-10/h10,14H,4-9H2,1-3H3. The molecule has 1 unspecified atom stereocenters. The highest BCUT2D eigenvalue weighted by Gasteiger charge is 2.23. The van der Waals surface area contributed by atoms with Crippen LogP contribution in [0.1, 0.15) is 23.9 Å². The highest BCUT2D eigenvalue weighted by atomic mass is 32.1. The maximum absolute atomic E-state index is 5.45. The molecule has 1 saturated heterocycles. The molecule has 2 rings (SSSR count). The summed E-state index contributed by atoms with van der Waals surface area (Å²) in [5.74, 6) is 0. The van der Waals surface area contributed by atoms with Gasteiger partial charge in [0.15, 0.2) is 5.13 Å². The number of aromatic nitrogens is 1. The third-order valence-corrected chi connectivity index (χ3v) is 4.53. The number of nitrogens with one attached hydrogen (secondary N) is 1. The number of rotatable bonds is 7. The van der Waals surface area contributed by atoms with Crippen molar-refractivity contribution in [1.82, 2.24) is 10.3 Å². The monoisotopic (exact) mass is 285 g/mol. The Morgan fingerprint density at radius 1 is 1.58 bits per heavy atom. The number of anilines is 1. The van der Waals surface area contributed by atoms with Crippen LogP contribution in [0.25, 0.3) is 0 Å². The molecule has 1 aliphatic heterocycles. The minimum atomic E-state index is 0.452. The smallest absolute Gasteiger partial charge is 0.185 e. The Balaban J connectivity index is 2.10. The summed E-state index contributed by atoms with van der Waals surface area (Å²) in [6.45, 7) is 6.17. The zero-order valence-electron chi connectivity index (χ0n) is 11.9. The number of likely N-dealkylation sites (N-methyl/N-ethyl adjacent to an activating group) is 1. The van der Waals surface area contributed by atoms with Crippen LogP contribution in [-0.4, -0.2) is 44.9 Å². The van der Waals surface area contributed by atoms with Gasteiger partial charge in [-0.25, -0.2) is 4.98 Å². The molecule has 1 aromatic rings. The van der Waals surface area contributed by atoms with Gasteiger partial charge in [-0.05, 0) is 13.0 Å². The van der Waals surface area contributed by atoms with Crippen LogP contribution >= 0.6 is 11.3 Å². The molecular weight excluding hydrogens is 262 g/mol. The fourth-order valence-corrected chi connectivity index (χ4v) is 3.20. The fraction of sp³-hybridized carbons (Fsp3) is 0.769. The average Bonchev–Trinajstić information content (AvgIpc) is 3.06. The molecule has 1 N–H and O–H groups in total. The second-order valence-corrected chi connectivity index (χ2v) is 5.77. The van der Waals surface area contributed by atoms with Crippen LogP contribution < -0.4 is 10.2 Å². The number of hydrogen-bond acceptors (Lipinski definition) is 6. The molecule has 1 fully saturated rings. The van der Waals surface area contributed by atoms with E-state index in [9.17, 15) is 0 Å². The Hall–Kier alpha value is -0.690. The highest BCUT2D eigenvalue weighted by Crippen LogP contribution is 2.29. The van der Waals surface area contributed by atoms with Crippen LogP contribution in [0.3, 0.4) is 0 Å². The summed E-state index contributed by atoms with van der Waals surface area (Å²) >= 11 is 1.75. The van der Waals surface area contributed by atoms with Gasteiger partial charge in [-0.2, -0.15) is 0 Å². The fourth-order valence-electron chi connectivity index (χ4n) is 2.13. The molecule has 0 aliphatic carbocycles. The number of hydrogen-bond donors (Lipinski definition) is 1. The second kappa shape index (κ2) is 7.19. The molecule has 19 heavy (non-hydrogen) atoms. The molecule has 1 aromatic heterocycles. The van der Waals surface area contributed by atoms with E-state index >= 15 is 0 Å². The lowest BCUT2D eigenvalue weighted by atomic mass is 10.2. The van der Waals surface area contributed by atoms with Crippen molar-refractivity contribution in [2.45, 2.75) is 32.5 Å². The SMILES string of the molecule is CCNCc1sc(N(C)C2CCOC2)nc1COC. The van der Waals surface area contributed by atoms with Gasteiger partial charge in [0, 0.05) is 32.2 Å². The molecule has 0 saturated carbocycles. The molecule has 1 aliphatic rings. The Morgan fingerprint density at radius 3 is 3.05 bits per heavy atom. The Bertz CT molecular complexity index is 391. The van der Waals surface area contributed by atoms with Gasteiger partial charge in [-0.15, -0.1) is 11.3 Å². The van der Waals surface area contributed by atoms with Gasteiger partial charge in [0.2, 0.25) is 0 Å². The first-order valence-electron chi connectivity index (χ1n) is 6.75. The predicted molar refractivity (Wildman–Crippen MR) is 77.8 cm³/mol. The molecule has 5 nitrogen and oxygen atoms in total. The maximum Gasteiger partial charge on any atom is 0.185 e. The highest BCUT2D eigenvalue weighted by molar-refractivity contribution is 7.15. The van der Waals surface area contributed by atoms with Crippen LogP contribution in [0, 0.1) is 0 Å². The van der Waals surface area contributed by atoms with Crippen molar-refractivity contribution < 1.29 is 9.47 Å². The third-order valence-electron chi connectivity index (χ3n) is 3.34. The quantitative estimate of drug-likeness (QED) is 0.825. The topological polar surface area (TPSA) is 46.6 Å². The molecule has 0 bridgehead atoms. The van der Waals surface area contributed by atoms with Gasteiger partial charge in [0.1, 0.15) is 0 Å². The molecule has 108 valence electrons. The Labute approximate surface area is 118 Å². The normalized spacial score (nSPS) is 19.0. The second-order valence-electron chi connectivity index (χ2n) is 4.71. The van der Waals surface area contributed by atoms with Crippen molar-refractivity contribution in [3.8, 4) is 0 Å². The molecule has 0 spiro atoms. The molecule has 0 radical (unpaired) electrons. The van der Waals surface area contributed by atoms with Crippen LogP contribution in [0.15, 0.2) is 0 Å². The number of nitrogens with zero attached hydrogens (tertiary/aromatic N) is 2. The summed E-state index contributed by atoms with van der Waals surface area (Å²) in [6, 6.07) is 0.452. The lowest BCUT2D eigenvalue weighted by molar-refractivity contribution is 0.181. The summed E-state index contributed by atoms with van der Waals surface area (Å²) in [6.07, 6.45) is 1.08. The van der Waals surface area contributed by atoms with Crippen molar-refractivity contribution in [2.24, 2.45) is 0 Å². The van der Waals surface area contributed by atoms with Gasteiger partial charge in [0.25, 0.3) is 0 Å². The minimum Gasteiger partial charge on any atom is -0.379 e. The molecule has 0 aromatic carbocycles. The lowest BCUT2D eigenvalue weighted by Gasteiger charge is -2.21. The molecule has 0 amide bonds. The van der Waals surface area contributed by atoms with E-state index in [1.54, 1.807) is 18.4 Å². The molecular formula is C13H23N3O2S. The maximum atomic E-state index is 5.45. The van der Waals surface area contributed by atoms with E-state index in [0.717, 1.165) is 43.5 Å². The van der Waals surface area contributed by atoms with Crippen molar-refractivity contribution in [3.05, 3.63) is 10.6 Å². The van der Waals surface area contributed by atoms with Gasteiger partial charge in [0.05, 0.1) is 24.9 Å². The van der Waals surface area contributed by atoms with E-state index in [1.165, 1.54) is 4.88 Å². The summed E-state index contributed by atoms with van der Waals surface area (Å²) < 4.78 is 10.7. The van der Waals surface area contributed by atoms with Crippen LogP contribution in [0.5, 0.6) is 0 Å². The minimum absolute atomic E-state index is 0.452. The zero-order chi connectivity index (χ0) is 13.7. The van der Waals surface area contributed by atoms with E-state index in [4.69, 9.17) is 14.5 Å². The summed E-state index contributed by atoms with van der Waals surface area (Å²) in [4.78, 5) is 8.23. The summed E-state index contributed by atoms with van der Waals surface area (Å²) in [5.41, 5.74) is 1.05. The Morgan fingerprint density at radius 2 is 2.42 bits per heavy atom. The third kappa shape index (κ3) is 3.66. The molecule has 6 heteroatoms. The van der Waals surface area contributed by atoms with Crippen LogP contribution in [0.2, 0.25) is 0 Å². The van der Waals surface area contributed by atoms with E-state index in [-0.39, 0.29) is 0 Å². The van der Waals surface area contributed by atoms with Crippen molar-refractivity contribution in [2.75, 3.05) is 38.8 Å². The average molecular weight is 285 g/mol. The number of ether oxygens (including phenoxy) is 2. The first kappa shape index (κ1) is 14.7. The number of methoxy groups -OCH3 is 1. The van der Waals surface area contributed by atoms with Crippen molar-refractivity contribution in [3.63, 3.8) is 0 Å². The van der Waals surface area contributed by atoms with E-state index in [0.29, 0.717) is 12.6 Å². The largest absolute Gasteiger partial charge is 0.379 e. The van der Waals surface area contributed by atoms with Gasteiger partial charge >= 0.3 is 0 Å². The van der Waals surface area contributed by atoms with E-state index in [2.05, 4.69) is 24.2 Å². The van der Waals surface area contributed by atoms with Gasteiger partial charge in [-0.3, -0.25) is 0 Å². The molecule has 2 heterocycles. The molecule has 1 atom stereocenters. The van der Waals surface area contributed by atoms with Crippen LogP contribution in [0.4, 0.5) is 5.13 Å². The van der Waals surface area contributed by atoms with E-state index in [1.807, 2.05) is 0 Å². The van der Waals surface area contributed by atoms with Crippen LogP contribution in [-0.2, 0) is 22.6 Å². The summed E-state index contributed by atoms with van der Waals surface area (Å²) in [7, 11) is 3.82. The zero-order valence-corrected chi connectivity index (χ0v) is 12.8. The Kier molecular flexibility index (Phi) is 5.57. The lowest BCUT2D eigenvalue weighted by Crippen LogP contribution is -2.31. The first-order chi connectivity index (χ1) is 9.26. The van der Waals surface area contributed by atoms with Gasteiger partial charge < -0.3 is 19.7 Å². The number of thiazole rings is 1. The first-order valence-corrected chi connectivity index (χ1v) is 7.56. The van der Waals surface area contributed by atoms with E-state index < -0.39 is 0 Å². The van der Waals surface area contributed by atoms with Crippen molar-refractivity contribution >= 4 is 16.5 Å².